The Morgan fingerprint density at radius 3 is 2.45 bits per heavy atom. The zero-order valence-electron chi connectivity index (χ0n) is 6.41. The molecule has 1 N–H and O–H groups in total. The molecular weight excluding hydrogens is 155 g/mol. The second-order valence-electron chi connectivity index (χ2n) is 2.34. The molecule has 0 spiro atoms. The third-order valence-corrected chi connectivity index (χ3v) is 1.23. The first-order valence-electron chi connectivity index (χ1n) is 3.38. The van der Waals surface area contributed by atoms with Crippen LogP contribution in [0, 0.1) is 0 Å². The summed E-state index contributed by atoms with van der Waals surface area (Å²) in [7, 11) is 0. The molecule has 0 saturated heterocycles. The number of halogens is 3. The highest BCUT2D eigenvalue weighted by Gasteiger charge is 2.25. The first kappa shape index (κ1) is 10.5. The highest BCUT2D eigenvalue weighted by Crippen LogP contribution is 2.18. The van der Waals surface area contributed by atoms with E-state index < -0.39 is 12.6 Å². The SMILES string of the molecule is C=CC(C)NCCC(F)(F)F. The number of hydrogen-bond donors (Lipinski definition) is 1. The smallest absolute Gasteiger partial charge is 0.310 e. The van der Waals surface area contributed by atoms with Gasteiger partial charge in [0.25, 0.3) is 0 Å². The Hall–Kier alpha value is -0.510. The maximum Gasteiger partial charge on any atom is 0.390 e. The van der Waals surface area contributed by atoms with E-state index in [0.29, 0.717) is 0 Å². The van der Waals surface area contributed by atoms with Crippen LogP contribution in [0.3, 0.4) is 0 Å². The van der Waals surface area contributed by atoms with Crippen molar-refractivity contribution in [1.82, 2.24) is 5.32 Å². The van der Waals surface area contributed by atoms with Crippen LogP contribution in [0.15, 0.2) is 12.7 Å². The molecule has 0 bridgehead atoms. The Bertz CT molecular complexity index is 119. The summed E-state index contributed by atoms with van der Waals surface area (Å²) in [6.45, 7) is 5.14. The fourth-order valence-corrected chi connectivity index (χ4v) is 0.525. The summed E-state index contributed by atoms with van der Waals surface area (Å²) < 4.78 is 34.6. The van der Waals surface area contributed by atoms with Gasteiger partial charge in [-0.3, -0.25) is 0 Å². The van der Waals surface area contributed by atoms with Crippen LogP contribution >= 0.6 is 0 Å². The van der Waals surface area contributed by atoms with Crippen molar-refractivity contribution in [3.63, 3.8) is 0 Å². The number of hydrogen-bond acceptors (Lipinski definition) is 1. The molecule has 1 atom stereocenters. The molecule has 4 heteroatoms. The van der Waals surface area contributed by atoms with Crippen molar-refractivity contribution in [1.29, 1.82) is 0 Å². The van der Waals surface area contributed by atoms with Crippen LogP contribution < -0.4 is 5.32 Å². The first-order valence-corrected chi connectivity index (χ1v) is 3.38. The molecule has 0 rings (SSSR count). The van der Waals surface area contributed by atoms with Crippen molar-refractivity contribution in [2.75, 3.05) is 6.54 Å². The predicted molar refractivity (Wildman–Crippen MR) is 38.3 cm³/mol. The molecule has 0 aromatic carbocycles. The second-order valence-corrected chi connectivity index (χ2v) is 2.34. The van der Waals surface area contributed by atoms with Crippen molar-refractivity contribution in [2.24, 2.45) is 0 Å². The van der Waals surface area contributed by atoms with E-state index in [1.54, 1.807) is 13.0 Å². The van der Waals surface area contributed by atoms with Gasteiger partial charge in [-0.1, -0.05) is 6.08 Å². The molecule has 0 aliphatic carbocycles. The minimum absolute atomic E-state index is 0.0450. The fraction of sp³-hybridized carbons (Fsp3) is 0.714. The summed E-state index contributed by atoms with van der Waals surface area (Å²) in [5.41, 5.74) is 0. The monoisotopic (exact) mass is 167 g/mol. The Labute approximate surface area is 64.3 Å². The average molecular weight is 167 g/mol. The van der Waals surface area contributed by atoms with Gasteiger partial charge in [0.15, 0.2) is 0 Å². The standard InChI is InChI=1S/C7H12F3N/c1-3-6(2)11-5-4-7(8,9)10/h3,6,11H,1,4-5H2,2H3. The summed E-state index contributed by atoms with van der Waals surface area (Å²) in [6, 6.07) is -0.0580. The number of nitrogens with one attached hydrogen (secondary N) is 1. The number of rotatable bonds is 4. The quantitative estimate of drug-likeness (QED) is 0.632. The van der Waals surface area contributed by atoms with Crippen LogP contribution in [0.1, 0.15) is 13.3 Å². The Morgan fingerprint density at radius 1 is 1.55 bits per heavy atom. The molecule has 0 radical (unpaired) electrons. The van der Waals surface area contributed by atoms with Crippen LogP contribution in [0.4, 0.5) is 13.2 Å². The van der Waals surface area contributed by atoms with E-state index in [2.05, 4.69) is 11.9 Å². The lowest BCUT2D eigenvalue weighted by Gasteiger charge is -2.10. The van der Waals surface area contributed by atoms with Crippen molar-refractivity contribution < 1.29 is 13.2 Å². The van der Waals surface area contributed by atoms with E-state index in [4.69, 9.17) is 0 Å². The second kappa shape index (κ2) is 4.38. The lowest BCUT2D eigenvalue weighted by atomic mass is 10.3. The van der Waals surface area contributed by atoms with Crippen LogP contribution in [-0.4, -0.2) is 18.8 Å². The normalized spacial score (nSPS) is 14.5. The van der Waals surface area contributed by atoms with Crippen LogP contribution in [-0.2, 0) is 0 Å². The lowest BCUT2D eigenvalue weighted by molar-refractivity contribution is -0.133. The lowest BCUT2D eigenvalue weighted by Crippen LogP contribution is -2.28. The molecule has 0 aromatic rings. The van der Waals surface area contributed by atoms with E-state index in [-0.39, 0.29) is 12.6 Å². The summed E-state index contributed by atoms with van der Waals surface area (Å²) in [5, 5.41) is 2.65. The van der Waals surface area contributed by atoms with Gasteiger partial charge < -0.3 is 5.32 Å². The van der Waals surface area contributed by atoms with Crippen molar-refractivity contribution in [2.45, 2.75) is 25.6 Å². The van der Waals surface area contributed by atoms with Gasteiger partial charge in [0, 0.05) is 12.6 Å². The zero-order chi connectivity index (χ0) is 8.91. The minimum Gasteiger partial charge on any atom is -0.310 e. The molecule has 1 unspecified atom stereocenters. The van der Waals surface area contributed by atoms with E-state index in [1.807, 2.05) is 0 Å². The third-order valence-electron chi connectivity index (χ3n) is 1.23. The van der Waals surface area contributed by atoms with Gasteiger partial charge in [0.2, 0.25) is 0 Å². The Morgan fingerprint density at radius 2 is 2.09 bits per heavy atom. The average Bonchev–Trinajstić information content (AvgIpc) is 1.85. The maximum atomic E-state index is 11.5. The molecular formula is C7H12F3N. The predicted octanol–water partition coefficient (Wildman–Crippen LogP) is 2.10. The van der Waals surface area contributed by atoms with Crippen molar-refractivity contribution in [3.8, 4) is 0 Å². The summed E-state index contributed by atoms with van der Waals surface area (Å²) in [4.78, 5) is 0. The summed E-state index contributed by atoms with van der Waals surface area (Å²) in [5.74, 6) is 0. The largest absolute Gasteiger partial charge is 0.390 e. The zero-order valence-corrected chi connectivity index (χ0v) is 6.41. The number of alkyl halides is 3. The van der Waals surface area contributed by atoms with Crippen LogP contribution in [0.5, 0.6) is 0 Å². The maximum absolute atomic E-state index is 11.5. The molecule has 1 nitrogen and oxygen atoms in total. The molecule has 0 aromatic heterocycles. The van der Waals surface area contributed by atoms with E-state index in [0.717, 1.165) is 0 Å². The van der Waals surface area contributed by atoms with Gasteiger partial charge in [-0.05, 0) is 6.92 Å². The van der Waals surface area contributed by atoms with Gasteiger partial charge >= 0.3 is 6.18 Å². The molecule has 0 fully saturated rings. The van der Waals surface area contributed by atoms with E-state index >= 15 is 0 Å². The molecule has 0 aliphatic rings. The van der Waals surface area contributed by atoms with Gasteiger partial charge in [0.1, 0.15) is 0 Å². The van der Waals surface area contributed by atoms with Gasteiger partial charge in [0.05, 0.1) is 6.42 Å². The van der Waals surface area contributed by atoms with Crippen molar-refractivity contribution in [3.05, 3.63) is 12.7 Å². The van der Waals surface area contributed by atoms with Gasteiger partial charge in [-0.15, -0.1) is 6.58 Å². The molecule has 11 heavy (non-hydrogen) atoms. The highest BCUT2D eigenvalue weighted by atomic mass is 19.4. The fourth-order valence-electron chi connectivity index (χ4n) is 0.525. The van der Waals surface area contributed by atoms with E-state index in [1.165, 1.54) is 0 Å². The highest BCUT2D eigenvalue weighted by molar-refractivity contribution is 4.81. The molecule has 0 heterocycles. The van der Waals surface area contributed by atoms with Gasteiger partial charge in [-0.25, -0.2) is 0 Å². The van der Waals surface area contributed by atoms with Crippen LogP contribution in [0.2, 0.25) is 0 Å². The molecule has 0 amide bonds. The minimum atomic E-state index is -4.06. The first-order chi connectivity index (χ1) is 4.95. The summed E-state index contributed by atoms with van der Waals surface area (Å²) in [6.07, 6.45) is -3.28. The Balaban J connectivity index is 3.35. The van der Waals surface area contributed by atoms with Gasteiger partial charge in [-0.2, -0.15) is 13.2 Å². The molecule has 0 aliphatic heterocycles. The molecule has 66 valence electrons. The van der Waals surface area contributed by atoms with Crippen LogP contribution in [0.25, 0.3) is 0 Å². The summed E-state index contributed by atoms with van der Waals surface area (Å²) >= 11 is 0. The van der Waals surface area contributed by atoms with E-state index in [9.17, 15) is 13.2 Å². The third kappa shape index (κ3) is 7.39. The Kier molecular flexibility index (Phi) is 4.18. The van der Waals surface area contributed by atoms with Crippen molar-refractivity contribution >= 4 is 0 Å². The molecule has 0 saturated carbocycles. The topological polar surface area (TPSA) is 12.0 Å².